The molecule has 0 saturated carbocycles. The summed E-state index contributed by atoms with van der Waals surface area (Å²) < 4.78 is 5.41. The quantitative estimate of drug-likeness (QED) is 0.726. The van der Waals surface area contributed by atoms with Crippen molar-refractivity contribution in [3.63, 3.8) is 0 Å². The molecule has 0 spiro atoms. The largest absolute Gasteiger partial charge is 0.496 e. The second-order valence-corrected chi connectivity index (χ2v) is 5.26. The number of hydrogen-bond acceptors (Lipinski definition) is 1. The second kappa shape index (κ2) is 4.48. The third kappa shape index (κ3) is 1.95. The first-order valence-electron chi connectivity index (χ1n) is 6.31. The fourth-order valence-corrected chi connectivity index (χ4v) is 2.89. The van der Waals surface area contributed by atoms with E-state index in [1.54, 1.807) is 12.7 Å². The lowest BCUT2D eigenvalue weighted by molar-refractivity contribution is 0.404. The van der Waals surface area contributed by atoms with Crippen LogP contribution in [0.1, 0.15) is 49.3 Å². The van der Waals surface area contributed by atoms with Crippen molar-refractivity contribution >= 4 is 0 Å². The lowest BCUT2D eigenvalue weighted by atomic mass is 9.76. The summed E-state index contributed by atoms with van der Waals surface area (Å²) in [4.78, 5) is 0. The molecule has 88 valence electrons. The van der Waals surface area contributed by atoms with Crippen molar-refractivity contribution < 1.29 is 4.74 Å². The van der Waals surface area contributed by atoms with Crippen LogP contribution in [0.15, 0.2) is 12.1 Å². The minimum absolute atomic E-state index is 0.742. The molecule has 0 aliphatic heterocycles. The number of ether oxygens (including phenoxy) is 1. The van der Waals surface area contributed by atoms with Crippen molar-refractivity contribution in [2.45, 2.75) is 46.0 Å². The zero-order valence-corrected chi connectivity index (χ0v) is 10.8. The predicted octanol–water partition coefficient (Wildman–Crippen LogP) is 4.08. The van der Waals surface area contributed by atoms with Gasteiger partial charge in [0.15, 0.2) is 0 Å². The first kappa shape index (κ1) is 11.5. The van der Waals surface area contributed by atoms with E-state index < -0.39 is 0 Å². The highest BCUT2D eigenvalue weighted by molar-refractivity contribution is 5.44. The van der Waals surface area contributed by atoms with Gasteiger partial charge in [-0.2, -0.15) is 0 Å². The van der Waals surface area contributed by atoms with E-state index in [2.05, 4.69) is 32.9 Å². The van der Waals surface area contributed by atoms with Gasteiger partial charge in [-0.3, -0.25) is 0 Å². The lowest BCUT2D eigenvalue weighted by Crippen LogP contribution is -2.15. The normalized spacial score (nSPS) is 19.7. The van der Waals surface area contributed by atoms with E-state index in [1.165, 1.54) is 30.4 Å². The van der Waals surface area contributed by atoms with E-state index in [-0.39, 0.29) is 0 Å². The summed E-state index contributed by atoms with van der Waals surface area (Å²) in [5.41, 5.74) is 4.35. The average Bonchev–Trinajstić information content (AvgIpc) is 2.27. The number of methoxy groups -OCH3 is 1. The van der Waals surface area contributed by atoms with E-state index in [1.807, 2.05) is 0 Å². The van der Waals surface area contributed by atoms with Crippen molar-refractivity contribution in [1.82, 2.24) is 0 Å². The molecule has 1 aromatic rings. The Morgan fingerprint density at radius 3 is 2.69 bits per heavy atom. The molecule has 1 nitrogen and oxygen atoms in total. The highest BCUT2D eigenvalue weighted by atomic mass is 16.5. The van der Waals surface area contributed by atoms with E-state index in [0.717, 1.165) is 17.6 Å². The maximum atomic E-state index is 5.41. The van der Waals surface area contributed by atoms with E-state index in [0.29, 0.717) is 0 Å². The molecule has 0 N–H and O–H groups in total. The molecule has 1 aliphatic rings. The molecule has 2 rings (SSSR count). The molecule has 0 heterocycles. The fourth-order valence-electron chi connectivity index (χ4n) is 2.89. The van der Waals surface area contributed by atoms with Crippen LogP contribution in [0.25, 0.3) is 0 Å². The highest BCUT2D eigenvalue weighted by Gasteiger charge is 2.23. The molecule has 16 heavy (non-hydrogen) atoms. The van der Waals surface area contributed by atoms with Gasteiger partial charge in [0.05, 0.1) is 7.11 Å². The van der Waals surface area contributed by atoms with Crippen molar-refractivity contribution in [2.24, 2.45) is 5.92 Å². The Morgan fingerprint density at radius 1 is 1.31 bits per heavy atom. The molecular formula is C15H22O. The summed E-state index contributed by atoms with van der Waals surface area (Å²) in [6.45, 7) is 6.81. The highest BCUT2D eigenvalue weighted by Crippen LogP contribution is 2.39. The van der Waals surface area contributed by atoms with Crippen LogP contribution in [0.5, 0.6) is 5.75 Å². The second-order valence-electron chi connectivity index (χ2n) is 5.26. The van der Waals surface area contributed by atoms with Crippen molar-refractivity contribution in [3.05, 3.63) is 28.8 Å². The molecule has 0 bridgehead atoms. The molecule has 1 heteroatoms. The van der Waals surface area contributed by atoms with Crippen LogP contribution in [0.2, 0.25) is 0 Å². The number of benzene rings is 1. The van der Waals surface area contributed by atoms with Crippen LogP contribution in [-0.2, 0) is 6.42 Å². The molecule has 0 saturated heterocycles. The average molecular weight is 218 g/mol. The maximum Gasteiger partial charge on any atom is 0.122 e. The summed E-state index contributed by atoms with van der Waals surface area (Å²) in [6.07, 6.45) is 3.88. The number of aryl methyl sites for hydroxylation is 2. The molecule has 1 aliphatic carbocycles. The molecule has 1 atom stereocenters. The molecule has 0 fully saturated rings. The van der Waals surface area contributed by atoms with Crippen molar-refractivity contribution in [1.29, 1.82) is 0 Å². The SMILES string of the molecule is COc1cc2c(cc1C)C(C(C)C)CCC2. The zero-order chi connectivity index (χ0) is 11.7. The third-order valence-corrected chi connectivity index (χ3v) is 3.82. The van der Waals surface area contributed by atoms with Gasteiger partial charge >= 0.3 is 0 Å². The first-order valence-corrected chi connectivity index (χ1v) is 6.31. The number of rotatable bonds is 2. The van der Waals surface area contributed by atoms with Gasteiger partial charge in [-0.05, 0) is 60.8 Å². The summed E-state index contributed by atoms with van der Waals surface area (Å²) >= 11 is 0. The van der Waals surface area contributed by atoms with E-state index in [4.69, 9.17) is 4.74 Å². The smallest absolute Gasteiger partial charge is 0.122 e. The minimum Gasteiger partial charge on any atom is -0.496 e. The van der Waals surface area contributed by atoms with Crippen LogP contribution in [0, 0.1) is 12.8 Å². The van der Waals surface area contributed by atoms with Crippen LogP contribution >= 0.6 is 0 Å². The monoisotopic (exact) mass is 218 g/mol. The van der Waals surface area contributed by atoms with Gasteiger partial charge in [0.1, 0.15) is 5.75 Å². The molecule has 0 amide bonds. The summed E-state index contributed by atoms with van der Waals surface area (Å²) in [6, 6.07) is 4.59. The Balaban J connectivity index is 2.45. The minimum atomic E-state index is 0.742. The third-order valence-electron chi connectivity index (χ3n) is 3.82. The van der Waals surface area contributed by atoms with Crippen LogP contribution in [0.3, 0.4) is 0 Å². The van der Waals surface area contributed by atoms with Gasteiger partial charge in [-0.15, -0.1) is 0 Å². The Morgan fingerprint density at radius 2 is 2.06 bits per heavy atom. The lowest BCUT2D eigenvalue weighted by Gasteiger charge is -2.29. The summed E-state index contributed by atoms with van der Waals surface area (Å²) in [5, 5.41) is 0. The van der Waals surface area contributed by atoms with Gasteiger partial charge in [0, 0.05) is 0 Å². The Hall–Kier alpha value is -0.980. The van der Waals surface area contributed by atoms with E-state index in [9.17, 15) is 0 Å². The fraction of sp³-hybridized carbons (Fsp3) is 0.600. The Bertz CT molecular complexity index is 379. The van der Waals surface area contributed by atoms with Crippen molar-refractivity contribution in [2.75, 3.05) is 7.11 Å². The molecule has 0 radical (unpaired) electrons. The summed E-state index contributed by atoms with van der Waals surface area (Å²) in [5.74, 6) is 2.53. The number of fused-ring (bicyclic) bond motifs is 1. The number of hydrogen-bond donors (Lipinski definition) is 0. The van der Waals surface area contributed by atoms with E-state index >= 15 is 0 Å². The standard InChI is InChI=1S/C15H22O/c1-10(2)13-7-5-6-12-9-15(16-4)11(3)8-14(12)13/h8-10,13H,5-7H2,1-4H3. The predicted molar refractivity (Wildman–Crippen MR) is 68.2 cm³/mol. The van der Waals surface area contributed by atoms with Gasteiger partial charge in [0.2, 0.25) is 0 Å². The topological polar surface area (TPSA) is 9.23 Å². The van der Waals surface area contributed by atoms with Crippen LogP contribution in [0.4, 0.5) is 0 Å². The maximum absolute atomic E-state index is 5.41. The Labute approximate surface area is 98.8 Å². The van der Waals surface area contributed by atoms with Gasteiger partial charge in [0.25, 0.3) is 0 Å². The van der Waals surface area contributed by atoms with Gasteiger partial charge < -0.3 is 4.74 Å². The molecule has 1 aromatic carbocycles. The van der Waals surface area contributed by atoms with Gasteiger partial charge in [-0.25, -0.2) is 0 Å². The first-order chi connectivity index (χ1) is 7.63. The Kier molecular flexibility index (Phi) is 3.22. The zero-order valence-electron chi connectivity index (χ0n) is 10.8. The molecular weight excluding hydrogens is 196 g/mol. The molecule has 0 aromatic heterocycles. The van der Waals surface area contributed by atoms with Crippen molar-refractivity contribution in [3.8, 4) is 5.75 Å². The van der Waals surface area contributed by atoms with Gasteiger partial charge in [-0.1, -0.05) is 19.9 Å². The summed E-state index contributed by atoms with van der Waals surface area (Å²) in [7, 11) is 1.76. The molecule has 1 unspecified atom stereocenters. The van der Waals surface area contributed by atoms with Crippen LogP contribution in [-0.4, -0.2) is 7.11 Å². The van der Waals surface area contributed by atoms with Crippen LogP contribution < -0.4 is 4.74 Å².